The summed E-state index contributed by atoms with van der Waals surface area (Å²) in [6, 6.07) is 12.7. The summed E-state index contributed by atoms with van der Waals surface area (Å²) in [6.45, 7) is 8.58. The van der Waals surface area contributed by atoms with Crippen LogP contribution in [-0.2, 0) is 0 Å². The van der Waals surface area contributed by atoms with Crippen LogP contribution in [0.3, 0.4) is 0 Å². The third-order valence-electron chi connectivity index (χ3n) is 5.29. The third kappa shape index (κ3) is 2.98. The minimum Gasteiger partial charge on any atom is -0.341 e. The van der Waals surface area contributed by atoms with E-state index in [0.717, 1.165) is 36.5 Å². The van der Waals surface area contributed by atoms with Gasteiger partial charge in [0.15, 0.2) is 0 Å². The number of carbonyl (C=O) groups is 1. The topological polar surface area (TPSA) is 51.3 Å². The molecule has 2 atom stereocenters. The van der Waals surface area contributed by atoms with Gasteiger partial charge in [-0.05, 0) is 51.3 Å². The van der Waals surface area contributed by atoms with Crippen LogP contribution < -0.4 is 5.73 Å². The molecule has 1 amide bonds. The second-order valence-electron chi connectivity index (χ2n) is 6.88. The van der Waals surface area contributed by atoms with Gasteiger partial charge in [-0.3, -0.25) is 4.79 Å². The van der Waals surface area contributed by atoms with E-state index in [2.05, 4.69) is 49.6 Å². The van der Waals surface area contributed by atoms with Crippen molar-refractivity contribution in [3.63, 3.8) is 0 Å². The zero-order valence-electron chi connectivity index (χ0n) is 14.8. The fourth-order valence-electron chi connectivity index (χ4n) is 3.85. The van der Waals surface area contributed by atoms with Crippen molar-refractivity contribution in [1.82, 2.24) is 9.47 Å². The van der Waals surface area contributed by atoms with Crippen molar-refractivity contribution in [3.05, 3.63) is 58.9 Å². The van der Waals surface area contributed by atoms with Crippen LogP contribution in [-0.4, -0.2) is 35.0 Å². The lowest BCUT2D eigenvalue weighted by Crippen LogP contribution is -2.30. The summed E-state index contributed by atoms with van der Waals surface area (Å²) in [7, 11) is 0. The average molecular weight is 325 g/mol. The minimum atomic E-state index is 0.144. The fourth-order valence-corrected chi connectivity index (χ4v) is 3.85. The SMILES string of the molecule is Cc1cc(C(=O)N2CC[C@H](CN)C2)c(C)n1[C@@H](C)c1ccccc1. The number of amides is 1. The van der Waals surface area contributed by atoms with Crippen molar-refractivity contribution in [2.24, 2.45) is 11.7 Å². The molecule has 1 saturated heterocycles. The Hall–Kier alpha value is -2.07. The van der Waals surface area contributed by atoms with Crippen LogP contribution >= 0.6 is 0 Å². The van der Waals surface area contributed by atoms with Gasteiger partial charge in [-0.1, -0.05) is 30.3 Å². The van der Waals surface area contributed by atoms with Gasteiger partial charge in [0.1, 0.15) is 0 Å². The summed E-state index contributed by atoms with van der Waals surface area (Å²) in [4.78, 5) is 14.9. The highest BCUT2D eigenvalue weighted by atomic mass is 16.2. The third-order valence-corrected chi connectivity index (χ3v) is 5.29. The van der Waals surface area contributed by atoms with E-state index in [1.165, 1.54) is 5.56 Å². The first-order valence-electron chi connectivity index (χ1n) is 8.75. The lowest BCUT2D eigenvalue weighted by molar-refractivity contribution is 0.0787. The monoisotopic (exact) mass is 325 g/mol. The highest BCUT2D eigenvalue weighted by molar-refractivity contribution is 5.96. The maximum Gasteiger partial charge on any atom is 0.255 e. The standard InChI is InChI=1S/C20H27N3O/c1-14-11-19(20(24)22-10-9-17(12-21)13-22)16(3)23(14)15(2)18-7-5-4-6-8-18/h4-8,11,15,17H,9-10,12-13,21H2,1-3H3/t15-,17+/m0/s1. The molecule has 2 heterocycles. The first-order chi connectivity index (χ1) is 11.5. The Kier molecular flexibility index (Phi) is 4.76. The van der Waals surface area contributed by atoms with Crippen molar-refractivity contribution >= 4 is 5.91 Å². The van der Waals surface area contributed by atoms with Crippen LogP contribution in [0.4, 0.5) is 0 Å². The molecule has 4 nitrogen and oxygen atoms in total. The van der Waals surface area contributed by atoms with Gasteiger partial charge in [0.05, 0.1) is 11.6 Å². The summed E-state index contributed by atoms with van der Waals surface area (Å²) in [6.07, 6.45) is 1.02. The van der Waals surface area contributed by atoms with Gasteiger partial charge in [0.2, 0.25) is 0 Å². The summed E-state index contributed by atoms with van der Waals surface area (Å²) < 4.78 is 2.26. The van der Waals surface area contributed by atoms with Crippen molar-refractivity contribution in [2.45, 2.75) is 33.2 Å². The molecule has 2 N–H and O–H groups in total. The molecule has 0 saturated carbocycles. The molecule has 0 bridgehead atoms. The largest absolute Gasteiger partial charge is 0.341 e. The molecular weight excluding hydrogens is 298 g/mol. The van der Waals surface area contributed by atoms with E-state index in [0.29, 0.717) is 12.5 Å². The quantitative estimate of drug-likeness (QED) is 0.939. The van der Waals surface area contributed by atoms with Crippen LogP contribution in [0.15, 0.2) is 36.4 Å². The number of carbonyl (C=O) groups excluding carboxylic acids is 1. The Morgan fingerprint density at radius 2 is 2.00 bits per heavy atom. The zero-order chi connectivity index (χ0) is 17.3. The van der Waals surface area contributed by atoms with Gasteiger partial charge in [-0.15, -0.1) is 0 Å². The number of rotatable bonds is 4. The van der Waals surface area contributed by atoms with E-state index in [-0.39, 0.29) is 11.9 Å². The summed E-state index contributed by atoms with van der Waals surface area (Å²) in [5, 5.41) is 0. The molecule has 24 heavy (non-hydrogen) atoms. The highest BCUT2D eigenvalue weighted by Gasteiger charge is 2.28. The molecular formula is C20H27N3O. The van der Waals surface area contributed by atoms with E-state index in [9.17, 15) is 4.79 Å². The van der Waals surface area contributed by atoms with E-state index < -0.39 is 0 Å². The Balaban J connectivity index is 1.88. The molecule has 1 aromatic heterocycles. The number of nitrogens with two attached hydrogens (primary N) is 1. The Morgan fingerprint density at radius 1 is 1.29 bits per heavy atom. The van der Waals surface area contributed by atoms with Gasteiger partial charge in [-0.2, -0.15) is 0 Å². The van der Waals surface area contributed by atoms with Gasteiger partial charge in [-0.25, -0.2) is 0 Å². The molecule has 1 aliphatic rings. The number of nitrogens with zero attached hydrogens (tertiary/aromatic N) is 2. The molecule has 0 spiro atoms. The maximum absolute atomic E-state index is 12.9. The predicted octanol–water partition coefficient (Wildman–Crippen LogP) is 3.14. The molecule has 4 heteroatoms. The lowest BCUT2D eigenvalue weighted by Gasteiger charge is -2.20. The molecule has 128 valence electrons. The molecule has 0 radical (unpaired) electrons. The molecule has 0 unspecified atom stereocenters. The van der Waals surface area contributed by atoms with Crippen molar-refractivity contribution < 1.29 is 4.79 Å². The van der Waals surface area contributed by atoms with E-state index in [1.54, 1.807) is 0 Å². The molecule has 1 fully saturated rings. The highest BCUT2D eigenvalue weighted by Crippen LogP contribution is 2.27. The number of aromatic nitrogens is 1. The summed E-state index contributed by atoms with van der Waals surface area (Å²) in [5.74, 6) is 0.589. The maximum atomic E-state index is 12.9. The van der Waals surface area contributed by atoms with Crippen LogP contribution in [0.5, 0.6) is 0 Å². The molecule has 1 aromatic carbocycles. The first kappa shape index (κ1) is 16.8. The smallest absolute Gasteiger partial charge is 0.255 e. The molecule has 1 aliphatic heterocycles. The first-order valence-corrected chi connectivity index (χ1v) is 8.75. The molecule has 0 aliphatic carbocycles. The second-order valence-corrected chi connectivity index (χ2v) is 6.88. The van der Waals surface area contributed by atoms with Crippen LogP contribution in [0.2, 0.25) is 0 Å². The van der Waals surface area contributed by atoms with Gasteiger partial charge in [0.25, 0.3) is 5.91 Å². The normalized spacial score (nSPS) is 18.8. The van der Waals surface area contributed by atoms with Gasteiger partial charge >= 0.3 is 0 Å². The van der Waals surface area contributed by atoms with Gasteiger partial charge in [0, 0.05) is 24.5 Å². The number of likely N-dealkylation sites (tertiary alicyclic amines) is 1. The average Bonchev–Trinajstić information content (AvgIpc) is 3.19. The Bertz CT molecular complexity index is 720. The predicted molar refractivity (Wildman–Crippen MR) is 97.2 cm³/mol. The minimum absolute atomic E-state index is 0.144. The van der Waals surface area contributed by atoms with Crippen LogP contribution in [0.1, 0.15) is 46.7 Å². The van der Waals surface area contributed by atoms with Gasteiger partial charge < -0.3 is 15.2 Å². The number of hydrogen-bond acceptors (Lipinski definition) is 2. The number of benzene rings is 1. The van der Waals surface area contributed by atoms with Crippen molar-refractivity contribution in [3.8, 4) is 0 Å². The Morgan fingerprint density at radius 3 is 2.62 bits per heavy atom. The Labute approximate surface area is 144 Å². The van der Waals surface area contributed by atoms with Crippen LogP contribution in [0.25, 0.3) is 0 Å². The summed E-state index contributed by atoms with van der Waals surface area (Å²) in [5.41, 5.74) is 10.0. The van der Waals surface area contributed by atoms with E-state index in [1.807, 2.05) is 17.0 Å². The zero-order valence-corrected chi connectivity index (χ0v) is 14.8. The van der Waals surface area contributed by atoms with E-state index in [4.69, 9.17) is 5.73 Å². The van der Waals surface area contributed by atoms with Crippen molar-refractivity contribution in [1.29, 1.82) is 0 Å². The van der Waals surface area contributed by atoms with E-state index >= 15 is 0 Å². The molecule has 3 rings (SSSR count). The van der Waals surface area contributed by atoms with Crippen LogP contribution in [0, 0.1) is 19.8 Å². The lowest BCUT2D eigenvalue weighted by atomic mass is 10.1. The second kappa shape index (κ2) is 6.81. The number of hydrogen-bond donors (Lipinski definition) is 1. The summed E-state index contributed by atoms with van der Waals surface area (Å²) >= 11 is 0. The van der Waals surface area contributed by atoms with Crippen molar-refractivity contribution in [2.75, 3.05) is 19.6 Å². The fraction of sp³-hybridized carbons (Fsp3) is 0.450. The molecule has 2 aromatic rings. The number of aryl methyl sites for hydroxylation is 1.